The molecule has 1 fully saturated rings. The summed E-state index contributed by atoms with van der Waals surface area (Å²) in [5.41, 5.74) is 7.01. The number of thioether (sulfide) groups is 1. The molecule has 0 saturated carbocycles. The van der Waals surface area contributed by atoms with E-state index in [1.165, 1.54) is 12.2 Å². The van der Waals surface area contributed by atoms with E-state index in [-0.39, 0.29) is 6.04 Å². The largest absolute Gasteiger partial charge is 0.329 e. The van der Waals surface area contributed by atoms with Crippen LogP contribution in [0.3, 0.4) is 0 Å². The van der Waals surface area contributed by atoms with Crippen LogP contribution in [0.2, 0.25) is 10.0 Å². The van der Waals surface area contributed by atoms with Gasteiger partial charge in [0.1, 0.15) is 0 Å². The Morgan fingerprint density at radius 1 is 1.28 bits per heavy atom. The summed E-state index contributed by atoms with van der Waals surface area (Å²) in [6, 6.07) is 5.97. The molecule has 1 saturated heterocycles. The quantitative estimate of drug-likeness (QED) is 0.927. The summed E-state index contributed by atoms with van der Waals surface area (Å²) >= 11 is 14.4. The van der Waals surface area contributed by atoms with Crippen molar-refractivity contribution in [3.8, 4) is 0 Å². The minimum absolute atomic E-state index is 0.176. The third kappa shape index (κ3) is 3.34. The van der Waals surface area contributed by atoms with Gasteiger partial charge in [-0.15, -0.1) is 0 Å². The SMILES string of the molecule is NCC(c1cccc(Cl)c1Cl)N1CCCSCC1. The maximum absolute atomic E-state index is 6.31. The van der Waals surface area contributed by atoms with Crippen molar-refractivity contribution in [1.29, 1.82) is 0 Å². The molecule has 1 heterocycles. The average Bonchev–Trinajstić information content (AvgIpc) is 2.64. The highest BCUT2D eigenvalue weighted by Gasteiger charge is 2.22. The summed E-state index contributed by atoms with van der Waals surface area (Å²) in [5, 5.41) is 1.25. The Hall–Kier alpha value is 0.0700. The van der Waals surface area contributed by atoms with Gasteiger partial charge in [0.15, 0.2) is 0 Å². The van der Waals surface area contributed by atoms with Crippen LogP contribution in [0, 0.1) is 0 Å². The average molecular weight is 305 g/mol. The first-order valence-corrected chi connectivity index (χ1v) is 8.11. The molecule has 1 atom stereocenters. The molecular formula is C13H18Cl2N2S. The van der Waals surface area contributed by atoms with Gasteiger partial charge in [-0.3, -0.25) is 4.90 Å². The van der Waals surface area contributed by atoms with Crippen LogP contribution in [0.1, 0.15) is 18.0 Å². The van der Waals surface area contributed by atoms with Gasteiger partial charge in [-0.25, -0.2) is 0 Å². The fourth-order valence-corrected chi connectivity index (χ4v) is 3.66. The predicted molar refractivity (Wildman–Crippen MR) is 81.8 cm³/mol. The third-order valence-electron chi connectivity index (χ3n) is 3.26. The second-order valence-corrected chi connectivity index (χ2v) is 6.41. The molecule has 1 aliphatic heterocycles. The Balaban J connectivity index is 2.23. The highest BCUT2D eigenvalue weighted by Crippen LogP contribution is 2.33. The van der Waals surface area contributed by atoms with E-state index in [1.54, 1.807) is 0 Å². The molecular weight excluding hydrogens is 287 g/mol. The number of halogens is 2. The summed E-state index contributed by atoms with van der Waals surface area (Å²) in [6.07, 6.45) is 1.21. The van der Waals surface area contributed by atoms with Crippen LogP contribution < -0.4 is 5.73 Å². The van der Waals surface area contributed by atoms with Crippen molar-refractivity contribution in [1.82, 2.24) is 4.90 Å². The molecule has 0 amide bonds. The zero-order valence-electron chi connectivity index (χ0n) is 10.2. The third-order valence-corrected chi connectivity index (χ3v) is 5.14. The lowest BCUT2D eigenvalue weighted by Crippen LogP contribution is -2.35. The first-order valence-electron chi connectivity index (χ1n) is 6.20. The zero-order valence-corrected chi connectivity index (χ0v) is 12.6. The Labute approximate surface area is 123 Å². The standard InChI is InChI=1S/C13H18Cl2N2S/c14-11-4-1-3-10(13(11)15)12(9-16)17-5-2-7-18-8-6-17/h1,3-4,12H,2,5-9,16H2. The lowest BCUT2D eigenvalue weighted by atomic mass is 10.0. The van der Waals surface area contributed by atoms with Crippen molar-refractivity contribution in [2.75, 3.05) is 31.1 Å². The molecule has 5 heteroatoms. The molecule has 18 heavy (non-hydrogen) atoms. The van der Waals surface area contributed by atoms with Crippen LogP contribution in [0.15, 0.2) is 18.2 Å². The summed E-state index contributed by atoms with van der Waals surface area (Å²) in [6.45, 7) is 2.72. The van der Waals surface area contributed by atoms with E-state index >= 15 is 0 Å². The topological polar surface area (TPSA) is 29.3 Å². The molecule has 2 nitrogen and oxygen atoms in total. The van der Waals surface area contributed by atoms with E-state index in [0.29, 0.717) is 16.6 Å². The molecule has 0 bridgehead atoms. The second-order valence-electron chi connectivity index (χ2n) is 4.40. The van der Waals surface area contributed by atoms with Crippen LogP contribution in [-0.2, 0) is 0 Å². The van der Waals surface area contributed by atoms with Crippen molar-refractivity contribution in [2.45, 2.75) is 12.5 Å². The Morgan fingerprint density at radius 3 is 2.89 bits per heavy atom. The molecule has 1 aromatic carbocycles. The molecule has 1 aromatic rings. The lowest BCUT2D eigenvalue weighted by molar-refractivity contribution is 0.218. The Kier molecular flexibility index (Phi) is 5.64. The van der Waals surface area contributed by atoms with Gasteiger partial charge in [-0.2, -0.15) is 11.8 Å². The molecule has 0 aliphatic carbocycles. The maximum Gasteiger partial charge on any atom is 0.0640 e. The molecule has 0 radical (unpaired) electrons. The highest BCUT2D eigenvalue weighted by molar-refractivity contribution is 7.99. The number of nitrogens with two attached hydrogens (primary N) is 1. The predicted octanol–water partition coefficient (Wildman–Crippen LogP) is 3.43. The number of rotatable bonds is 3. The number of benzene rings is 1. The number of nitrogens with zero attached hydrogens (tertiary/aromatic N) is 1. The van der Waals surface area contributed by atoms with Crippen molar-refractivity contribution in [3.63, 3.8) is 0 Å². The van der Waals surface area contributed by atoms with E-state index in [4.69, 9.17) is 28.9 Å². The number of hydrogen-bond acceptors (Lipinski definition) is 3. The Morgan fingerprint density at radius 2 is 2.11 bits per heavy atom. The molecule has 0 aromatic heterocycles. The summed E-state index contributed by atoms with van der Waals surface area (Å²) in [7, 11) is 0. The molecule has 1 unspecified atom stereocenters. The molecule has 2 rings (SSSR count). The van der Waals surface area contributed by atoms with Crippen LogP contribution in [0.25, 0.3) is 0 Å². The summed E-state index contributed by atoms with van der Waals surface area (Å²) < 4.78 is 0. The summed E-state index contributed by atoms with van der Waals surface area (Å²) in [4.78, 5) is 2.43. The van der Waals surface area contributed by atoms with Gasteiger partial charge < -0.3 is 5.73 Å². The van der Waals surface area contributed by atoms with E-state index in [1.807, 2.05) is 30.0 Å². The van der Waals surface area contributed by atoms with Crippen LogP contribution in [0.5, 0.6) is 0 Å². The van der Waals surface area contributed by atoms with Gasteiger partial charge in [0.05, 0.1) is 10.0 Å². The summed E-state index contributed by atoms with van der Waals surface area (Å²) in [5.74, 6) is 2.39. The first kappa shape index (κ1) is 14.5. The van der Waals surface area contributed by atoms with Crippen LogP contribution >= 0.6 is 35.0 Å². The normalized spacial score (nSPS) is 19.5. The minimum Gasteiger partial charge on any atom is -0.329 e. The minimum atomic E-state index is 0.176. The maximum atomic E-state index is 6.31. The second kappa shape index (κ2) is 7.01. The van der Waals surface area contributed by atoms with Crippen molar-refractivity contribution >= 4 is 35.0 Å². The van der Waals surface area contributed by atoms with Crippen LogP contribution in [-0.4, -0.2) is 36.0 Å². The van der Waals surface area contributed by atoms with E-state index in [0.717, 1.165) is 24.4 Å². The van der Waals surface area contributed by atoms with E-state index < -0.39 is 0 Å². The fourth-order valence-electron chi connectivity index (χ4n) is 2.33. The van der Waals surface area contributed by atoms with E-state index in [9.17, 15) is 0 Å². The number of hydrogen-bond donors (Lipinski definition) is 1. The van der Waals surface area contributed by atoms with Gasteiger partial charge in [0, 0.05) is 24.9 Å². The van der Waals surface area contributed by atoms with Gasteiger partial charge in [-0.1, -0.05) is 35.3 Å². The highest BCUT2D eigenvalue weighted by atomic mass is 35.5. The fraction of sp³-hybridized carbons (Fsp3) is 0.538. The molecule has 100 valence electrons. The smallest absolute Gasteiger partial charge is 0.0640 e. The van der Waals surface area contributed by atoms with Gasteiger partial charge in [0.25, 0.3) is 0 Å². The molecule has 2 N–H and O–H groups in total. The van der Waals surface area contributed by atoms with Crippen molar-refractivity contribution < 1.29 is 0 Å². The monoisotopic (exact) mass is 304 g/mol. The van der Waals surface area contributed by atoms with Crippen LogP contribution in [0.4, 0.5) is 0 Å². The van der Waals surface area contributed by atoms with E-state index in [2.05, 4.69) is 4.90 Å². The van der Waals surface area contributed by atoms with Crippen molar-refractivity contribution in [2.24, 2.45) is 5.73 Å². The molecule has 1 aliphatic rings. The van der Waals surface area contributed by atoms with Gasteiger partial charge in [-0.05, 0) is 30.3 Å². The first-order chi connectivity index (χ1) is 8.74. The van der Waals surface area contributed by atoms with Gasteiger partial charge in [0.2, 0.25) is 0 Å². The zero-order chi connectivity index (χ0) is 13.0. The van der Waals surface area contributed by atoms with Gasteiger partial charge >= 0.3 is 0 Å². The Bertz CT molecular complexity index is 393. The molecule has 0 spiro atoms. The van der Waals surface area contributed by atoms with Crippen molar-refractivity contribution in [3.05, 3.63) is 33.8 Å². The lowest BCUT2D eigenvalue weighted by Gasteiger charge is -2.30.